The van der Waals surface area contributed by atoms with Crippen LogP contribution in [0.25, 0.3) is 5.57 Å². The van der Waals surface area contributed by atoms with E-state index in [9.17, 15) is 8.78 Å². The van der Waals surface area contributed by atoms with Crippen molar-refractivity contribution in [2.45, 2.75) is 39.1 Å². The zero-order valence-corrected chi connectivity index (χ0v) is 14.4. The van der Waals surface area contributed by atoms with E-state index >= 15 is 0 Å². The fourth-order valence-corrected chi connectivity index (χ4v) is 3.24. The minimum absolute atomic E-state index is 0.00744. The standard InChI is InChI=1S/C21H22F2O2/c1-3-20-14(2)21(25-12-15-7-5-4-6-8-15)18(13-24-20)17-10-9-16(22)11-19(17)23/h4-11,13-14,20-21H,3,12H2,1-2H3/t14-,20+,21-/m0/s1. The zero-order chi connectivity index (χ0) is 17.8. The molecule has 2 nitrogen and oxygen atoms in total. The molecule has 1 aliphatic rings. The van der Waals surface area contributed by atoms with Crippen LogP contribution in [0.5, 0.6) is 0 Å². The first-order chi connectivity index (χ1) is 12.1. The van der Waals surface area contributed by atoms with Gasteiger partial charge in [-0.3, -0.25) is 0 Å². The lowest BCUT2D eigenvalue weighted by Gasteiger charge is -2.36. The Morgan fingerprint density at radius 3 is 2.52 bits per heavy atom. The molecule has 4 heteroatoms. The summed E-state index contributed by atoms with van der Waals surface area (Å²) in [6.07, 6.45) is 2.09. The summed E-state index contributed by atoms with van der Waals surface area (Å²) in [7, 11) is 0. The summed E-state index contributed by atoms with van der Waals surface area (Å²) >= 11 is 0. The van der Waals surface area contributed by atoms with Gasteiger partial charge in [0.05, 0.1) is 19.0 Å². The highest BCUT2D eigenvalue weighted by atomic mass is 19.1. The third-order valence-electron chi connectivity index (χ3n) is 4.66. The molecule has 0 bridgehead atoms. The van der Waals surface area contributed by atoms with E-state index in [1.165, 1.54) is 12.1 Å². The molecule has 1 heterocycles. The summed E-state index contributed by atoms with van der Waals surface area (Å²) in [6.45, 7) is 4.51. The number of benzene rings is 2. The van der Waals surface area contributed by atoms with E-state index < -0.39 is 11.6 Å². The molecule has 0 amide bonds. The molecular formula is C21H22F2O2. The highest BCUT2D eigenvalue weighted by molar-refractivity contribution is 5.69. The molecule has 0 radical (unpaired) electrons. The molecule has 1 aliphatic heterocycles. The summed E-state index contributed by atoms with van der Waals surface area (Å²) in [5, 5.41) is 0. The van der Waals surface area contributed by atoms with E-state index in [-0.39, 0.29) is 18.1 Å². The van der Waals surface area contributed by atoms with Crippen molar-refractivity contribution in [2.24, 2.45) is 5.92 Å². The molecule has 0 unspecified atom stereocenters. The molecule has 0 aromatic heterocycles. The molecule has 0 saturated carbocycles. The van der Waals surface area contributed by atoms with Crippen molar-refractivity contribution in [1.29, 1.82) is 0 Å². The number of halogens is 2. The maximum Gasteiger partial charge on any atom is 0.133 e. The van der Waals surface area contributed by atoms with E-state index in [2.05, 4.69) is 0 Å². The fourth-order valence-electron chi connectivity index (χ4n) is 3.24. The van der Waals surface area contributed by atoms with Crippen LogP contribution < -0.4 is 0 Å². The predicted molar refractivity (Wildman–Crippen MR) is 93.7 cm³/mol. The molecular weight excluding hydrogens is 322 g/mol. The first-order valence-electron chi connectivity index (χ1n) is 8.56. The van der Waals surface area contributed by atoms with Crippen molar-refractivity contribution in [2.75, 3.05) is 0 Å². The second-order valence-electron chi connectivity index (χ2n) is 6.36. The minimum Gasteiger partial charge on any atom is -0.497 e. The highest BCUT2D eigenvalue weighted by Gasteiger charge is 2.35. The van der Waals surface area contributed by atoms with Crippen LogP contribution in [0.15, 0.2) is 54.8 Å². The normalized spacial score (nSPS) is 23.0. The van der Waals surface area contributed by atoms with Crippen molar-refractivity contribution in [1.82, 2.24) is 0 Å². The zero-order valence-electron chi connectivity index (χ0n) is 14.4. The predicted octanol–water partition coefficient (Wildman–Crippen LogP) is 5.34. The van der Waals surface area contributed by atoms with Gasteiger partial charge in [0.25, 0.3) is 0 Å². The number of hydrogen-bond acceptors (Lipinski definition) is 2. The van der Waals surface area contributed by atoms with Gasteiger partial charge in [0.15, 0.2) is 0 Å². The lowest BCUT2D eigenvalue weighted by atomic mass is 9.86. The largest absolute Gasteiger partial charge is 0.497 e. The van der Waals surface area contributed by atoms with E-state index in [4.69, 9.17) is 9.47 Å². The molecule has 0 aliphatic carbocycles. The third kappa shape index (κ3) is 3.90. The van der Waals surface area contributed by atoms with Crippen molar-refractivity contribution < 1.29 is 18.3 Å². The van der Waals surface area contributed by atoms with Crippen LogP contribution in [-0.2, 0) is 16.1 Å². The summed E-state index contributed by atoms with van der Waals surface area (Å²) in [4.78, 5) is 0. The molecule has 0 fully saturated rings. The van der Waals surface area contributed by atoms with Crippen LogP contribution in [0.3, 0.4) is 0 Å². The monoisotopic (exact) mass is 344 g/mol. The van der Waals surface area contributed by atoms with E-state index in [0.29, 0.717) is 17.7 Å². The summed E-state index contributed by atoms with van der Waals surface area (Å²) in [5.74, 6) is -1.15. The van der Waals surface area contributed by atoms with Crippen LogP contribution in [0, 0.1) is 17.6 Å². The van der Waals surface area contributed by atoms with E-state index in [0.717, 1.165) is 18.1 Å². The van der Waals surface area contributed by atoms with Gasteiger partial charge in [-0.05, 0) is 24.1 Å². The maximum absolute atomic E-state index is 14.3. The Morgan fingerprint density at radius 2 is 1.84 bits per heavy atom. The van der Waals surface area contributed by atoms with Crippen molar-refractivity contribution in [3.05, 3.63) is 77.6 Å². The van der Waals surface area contributed by atoms with E-state index in [1.54, 1.807) is 6.26 Å². The molecule has 0 spiro atoms. The molecule has 132 valence electrons. The molecule has 2 aromatic carbocycles. The first-order valence-corrected chi connectivity index (χ1v) is 8.56. The molecule has 25 heavy (non-hydrogen) atoms. The van der Waals surface area contributed by atoms with Crippen LogP contribution in [0.1, 0.15) is 31.4 Å². The average molecular weight is 344 g/mol. The molecule has 3 rings (SSSR count). The van der Waals surface area contributed by atoms with Crippen LogP contribution in [-0.4, -0.2) is 12.2 Å². The van der Waals surface area contributed by atoms with Gasteiger partial charge < -0.3 is 9.47 Å². The lowest BCUT2D eigenvalue weighted by Crippen LogP contribution is -2.37. The third-order valence-corrected chi connectivity index (χ3v) is 4.66. The topological polar surface area (TPSA) is 18.5 Å². The Morgan fingerprint density at radius 1 is 1.08 bits per heavy atom. The van der Waals surface area contributed by atoms with Crippen molar-refractivity contribution in [3.8, 4) is 0 Å². The molecule has 2 aromatic rings. The highest BCUT2D eigenvalue weighted by Crippen LogP contribution is 2.36. The summed E-state index contributed by atoms with van der Waals surface area (Å²) in [5.41, 5.74) is 1.99. The minimum atomic E-state index is -0.606. The Kier molecular flexibility index (Phi) is 5.49. The average Bonchev–Trinajstić information content (AvgIpc) is 2.62. The Balaban J connectivity index is 1.88. The molecule has 3 atom stereocenters. The lowest BCUT2D eigenvalue weighted by molar-refractivity contribution is -0.0293. The molecule has 0 saturated heterocycles. The summed E-state index contributed by atoms with van der Waals surface area (Å²) in [6, 6.07) is 13.4. The maximum atomic E-state index is 14.3. The fraction of sp³-hybridized carbons (Fsp3) is 0.333. The quantitative estimate of drug-likeness (QED) is 0.729. The van der Waals surface area contributed by atoms with E-state index in [1.807, 2.05) is 44.2 Å². The number of hydrogen-bond donors (Lipinski definition) is 0. The SMILES string of the molecule is CC[C@H]1OC=C(c2ccc(F)cc2F)[C@@H](OCc2ccccc2)[C@H]1C. The first kappa shape index (κ1) is 17.6. The number of ether oxygens (including phenoxy) is 2. The Labute approximate surface area is 147 Å². The van der Waals surface area contributed by atoms with Gasteiger partial charge in [-0.2, -0.15) is 0 Å². The van der Waals surface area contributed by atoms with Gasteiger partial charge in [-0.15, -0.1) is 0 Å². The van der Waals surface area contributed by atoms with Gasteiger partial charge in [0.1, 0.15) is 17.7 Å². The Bertz CT molecular complexity index is 743. The molecule has 0 N–H and O–H groups in total. The summed E-state index contributed by atoms with van der Waals surface area (Å²) < 4.78 is 39.5. The Hall–Kier alpha value is -2.20. The smallest absolute Gasteiger partial charge is 0.133 e. The van der Waals surface area contributed by atoms with Gasteiger partial charge >= 0.3 is 0 Å². The number of rotatable bonds is 5. The van der Waals surface area contributed by atoms with Gasteiger partial charge in [0.2, 0.25) is 0 Å². The van der Waals surface area contributed by atoms with Crippen LogP contribution in [0.2, 0.25) is 0 Å². The second-order valence-corrected chi connectivity index (χ2v) is 6.36. The van der Waals surface area contributed by atoms with Gasteiger partial charge in [-0.1, -0.05) is 44.2 Å². The second kappa shape index (κ2) is 7.79. The van der Waals surface area contributed by atoms with Crippen LogP contribution >= 0.6 is 0 Å². The van der Waals surface area contributed by atoms with Gasteiger partial charge in [0, 0.05) is 23.1 Å². The van der Waals surface area contributed by atoms with Gasteiger partial charge in [-0.25, -0.2) is 8.78 Å². The van der Waals surface area contributed by atoms with Crippen molar-refractivity contribution >= 4 is 5.57 Å². The van der Waals surface area contributed by atoms with Crippen LogP contribution in [0.4, 0.5) is 8.78 Å². The van der Waals surface area contributed by atoms with Crippen molar-refractivity contribution in [3.63, 3.8) is 0 Å².